The summed E-state index contributed by atoms with van der Waals surface area (Å²) in [6.07, 6.45) is 1.64. The first kappa shape index (κ1) is 12.2. The van der Waals surface area contributed by atoms with E-state index in [-0.39, 0.29) is 5.91 Å². The topological polar surface area (TPSA) is 36.7 Å². The SMILES string of the molecule is CC1c2c(c3ccc2o3)C(C)N1C1CCC(=O)N(C)C1. The van der Waals surface area contributed by atoms with Gasteiger partial charge in [0.05, 0.1) is 0 Å². The predicted molar refractivity (Wildman–Crippen MR) is 76.7 cm³/mol. The Morgan fingerprint density at radius 3 is 2.30 bits per heavy atom. The fourth-order valence-corrected chi connectivity index (χ4v) is 4.25. The lowest BCUT2D eigenvalue weighted by molar-refractivity contribution is -0.134. The molecule has 4 rings (SSSR count). The van der Waals surface area contributed by atoms with E-state index < -0.39 is 0 Å². The Balaban J connectivity index is 1.68. The highest BCUT2D eigenvalue weighted by Crippen LogP contribution is 2.50. The molecule has 0 N–H and O–H groups in total. The third-order valence-electron chi connectivity index (χ3n) is 5.18. The molecule has 20 heavy (non-hydrogen) atoms. The molecule has 2 aromatic rings. The monoisotopic (exact) mass is 272 g/mol. The molecule has 2 aliphatic heterocycles. The van der Waals surface area contributed by atoms with Crippen molar-refractivity contribution in [2.75, 3.05) is 13.6 Å². The molecule has 0 aromatic carbocycles. The van der Waals surface area contributed by atoms with E-state index in [2.05, 4.69) is 30.9 Å². The minimum Gasteiger partial charge on any atom is -0.457 e. The Hall–Kier alpha value is -1.55. The molecule has 0 aliphatic carbocycles. The zero-order chi connectivity index (χ0) is 14.0. The molecule has 2 bridgehead atoms. The van der Waals surface area contributed by atoms with Crippen molar-refractivity contribution < 1.29 is 9.21 Å². The van der Waals surface area contributed by atoms with Gasteiger partial charge in [0.2, 0.25) is 5.91 Å². The second-order valence-electron chi connectivity index (χ2n) is 6.26. The minimum absolute atomic E-state index is 0.273. The van der Waals surface area contributed by atoms with E-state index in [1.54, 1.807) is 0 Å². The maximum Gasteiger partial charge on any atom is 0.222 e. The molecule has 0 spiro atoms. The van der Waals surface area contributed by atoms with Crippen LogP contribution in [0.2, 0.25) is 0 Å². The number of likely N-dealkylation sites (tertiary alicyclic amines) is 1. The van der Waals surface area contributed by atoms with Crippen LogP contribution < -0.4 is 0 Å². The van der Waals surface area contributed by atoms with Crippen LogP contribution in [0.5, 0.6) is 0 Å². The second kappa shape index (κ2) is 3.98. The largest absolute Gasteiger partial charge is 0.457 e. The fraction of sp³-hybridized carbons (Fsp3) is 0.562. The molecule has 1 fully saturated rings. The van der Waals surface area contributed by atoms with Gasteiger partial charge in [-0.25, -0.2) is 0 Å². The number of nitrogens with zero attached hydrogens (tertiary/aromatic N) is 2. The van der Waals surface area contributed by atoms with Crippen LogP contribution in [0.15, 0.2) is 16.5 Å². The van der Waals surface area contributed by atoms with Gasteiger partial charge < -0.3 is 9.32 Å². The molecule has 106 valence electrons. The molecule has 1 saturated heterocycles. The summed E-state index contributed by atoms with van der Waals surface area (Å²) in [6.45, 7) is 5.37. The van der Waals surface area contributed by atoms with Gasteiger partial charge in [0.1, 0.15) is 11.2 Å². The van der Waals surface area contributed by atoms with Crippen molar-refractivity contribution in [1.82, 2.24) is 9.80 Å². The summed E-state index contributed by atoms with van der Waals surface area (Å²) in [6, 6.07) is 5.37. The van der Waals surface area contributed by atoms with Crippen molar-refractivity contribution in [2.45, 2.75) is 44.8 Å². The average Bonchev–Trinajstić information content (AvgIpc) is 3.08. The van der Waals surface area contributed by atoms with Crippen molar-refractivity contribution in [2.24, 2.45) is 0 Å². The molecule has 3 unspecified atom stereocenters. The standard InChI is InChI=1S/C16H20N2O2/c1-9-15-12-5-6-13(20-12)16(15)10(2)18(9)11-4-7-14(19)17(3)8-11/h5-6,9-11H,4,7-8H2,1-3H3. The molecule has 1 amide bonds. The van der Waals surface area contributed by atoms with Gasteiger partial charge in [0, 0.05) is 49.3 Å². The summed E-state index contributed by atoms with van der Waals surface area (Å²) in [5.41, 5.74) is 4.82. The normalized spacial score (nSPS) is 31.4. The molecule has 0 radical (unpaired) electrons. The summed E-state index contributed by atoms with van der Waals surface area (Å²) in [4.78, 5) is 16.1. The Morgan fingerprint density at radius 2 is 1.75 bits per heavy atom. The highest BCUT2D eigenvalue weighted by Gasteiger charge is 2.43. The molecular formula is C16H20N2O2. The number of rotatable bonds is 1. The zero-order valence-corrected chi connectivity index (χ0v) is 12.2. The maximum absolute atomic E-state index is 11.7. The molecular weight excluding hydrogens is 252 g/mol. The third kappa shape index (κ3) is 1.43. The zero-order valence-electron chi connectivity index (χ0n) is 12.2. The lowest BCUT2D eigenvalue weighted by Gasteiger charge is -2.40. The smallest absolute Gasteiger partial charge is 0.222 e. The van der Waals surface area contributed by atoms with Crippen LogP contribution in [0.25, 0.3) is 11.2 Å². The highest BCUT2D eigenvalue weighted by atomic mass is 16.3. The van der Waals surface area contributed by atoms with Crippen molar-refractivity contribution in [3.8, 4) is 0 Å². The van der Waals surface area contributed by atoms with Gasteiger partial charge in [-0.3, -0.25) is 9.69 Å². The van der Waals surface area contributed by atoms with E-state index >= 15 is 0 Å². The molecule has 3 atom stereocenters. The summed E-state index contributed by atoms with van der Waals surface area (Å²) in [7, 11) is 1.92. The van der Waals surface area contributed by atoms with Gasteiger partial charge >= 0.3 is 0 Å². The van der Waals surface area contributed by atoms with E-state index in [9.17, 15) is 4.79 Å². The second-order valence-corrected chi connectivity index (χ2v) is 6.26. The van der Waals surface area contributed by atoms with Gasteiger partial charge in [-0.1, -0.05) is 0 Å². The van der Waals surface area contributed by atoms with Crippen LogP contribution in [0.3, 0.4) is 0 Å². The average molecular weight is 272 g/mol. The number of furan rings is 2. The predicted octanol–water partition coefficient (Wildman–Crippen LogP) is 2.93. The van der Waals surface area contributed by atoms with Crippen LogP contribution >= 0.6 is 0 Å². The van der Waals surface area contributed by atoms with E-state index in [1.165, 1.54) is 11.1 Å². The van der Waals surface area contributed by atoms with Crippen molar-refractivity contribution >= 4 is 17.1 Å². The number of carbonyl (C=O) groups is 1. The number of piperidine rings is 1. The molecule has 4 heterocycles. The number of hydrogen-bond donors (Lipinski definition) is 0. The number of fused-ring (bicyclic) bond motifs is 5. The Labute approximate surface area is 118 Å². The van der Waals surface area contributed by atoms with Gasteiger partial charge in [0.25, 0.3) is 0 Å². The van der Waals surface area contributed by atoms with Crippen LogP contribution in [0.1, 0.15) is 49.9 Å². The van der Waals surface area contributed by atoms with Gasteiger partial charge in [-0.05, 0) is 32.4 Å². The quantitative estimate of drug-likeness (QED) is 0.801. The van der Waals surface area contributed by atoms with Gasteiger partial charge in [0.15, 0.2) is 0 Å². The first-order valence-corrected chi connectivity index (χ1v) is 7.44. The van der Waals surface area contributed by atoms with E-state index in [4.69, 9.17) is 4.42 Å². The van der Waals surface area contributed by atoms with Crippen LogP contribution in [-0.4, -0.2) is 35.3 Å². The molecule has 2 aliphatic rings. The lowest BCUT2D eigenvalue weighted by Crippen LogP contribution is -2.48. The Morgan fingerprint density at radius 1 is 1.15 bits per heavy atom. The molecule has 4 heteroatoms. The van der Waals surface area contributed by atoms with Gasteiger partial charge in [-0.15, -0.1) is 0 Å². The summed E-state index contributed by atoms with van der Waals surface area (Å²) in [5, 5.41) is 0. The lowest BCUT2D eigenvalue weighted by atomic mass is 10.0. The highest BCUT2D eigenvalue weighted by molar-refractivity contribution is 5.77. The van der Waals surface area contributed by atoms with Crippen molar-refractivity contribution in [3.63, 3.8) is 0 Å². The van der Waals surface area contributed by atoms with E-state index in [0.717, 1.165) is 24.1 Å². The van der Waals surface area contributed by atoms with Crippen molar-refractivity contribution in [3.05, 3.63) is 23.3 Å². The van der Waals surface area contributed by atoms with Crippen LogP contribution in [0, 0.1) is 0 Å². The number of hydrogen-bond acceptors (Lipinski definition) is 3. The summed E-state index contributed by atoms with van der Waals surface area (Å²) >= 11 is 0. The van der Waals surface area contributed by atoms with E-state index in [1.807, 2.05) is 11.9 Å². The Bertz CT molecular complexity index is 623. The maximum atomic E-state index is 11.7. The number of amides is 1. The number of benzene rings is 1. The number of carbonyl (C=O) groups excluding carboxylic acids is 1. The molecule has 2 aromatic heterocycles. The van der Waals surface area contributed by atoms with Crippen LogP contribution in [0.4, 0.5) is 0 Å². The fourth-order valence-electron chi connectivity index (χ4n) is 4.25. The Kier molecular flexibility index (Phi) is 2.43. The van der Waals surface area contributed by atoms with E-state index in [0.29, 0.717) is 24.5 Å². The number of likely N-dealkylation sites (N-methyl/N-ethyl adjacent to an activating group) is 1. The van der Waals surface area contributed by atoms with Gasteiger partial charge in [-0.2, -0.15) is 0 Å². The molecule has 4 nitrogen and oxygen atoms in total. The third-order valence-corrected chi connectivity index (χ3v) is 5.18. The van der Waals surface area contributed by atoms with Crippen LogP contribution in [-0.2, 0) is 4.79 Å². The minimum atomic E-state index is 0.273. The summed E-state index contributed by atoms with van der Waals surface area (Å²) in [5.74, 6) is 0.273. The first-order chi connectivity index (χ1) is 9.58. The first-order valence-electron chi connectivity index (χ1n) is 7.44. The van der Waals surface area contributed by atoms with Crippen molar-refractivity contribution in [1.29, 1.82) is 0 Å². The summed E-state index contributed by atoms with van der Waals surface area (Å²) < 4.78 is 5.81. The molecule has 0 saturated carbocycles.